The minimum Gasteiger partial charge on any atom is -0.508 e. The van der Waals surface area contributed by atoms with E-state index in [-0.39, 0.29) is 29.7 Å². The Kier molecular flexibility index (Phi) is 10.4. The molecule has 2 rings (SSSR count). The number of hydrogen-bond acceptors (Lipinski definition) is 4. The van der Waals surface area contributed by atoms with Crippen LogP contribution in [0.25, 0.3) is 0 Å². The van der Waals surface area contributed by atoms with E-state index >= 15 is 0 Å². The van der Waals surface area contributed by atoms with Crippen molar-refractivity contribution in [3.63, 3.8) is 0 Å². The van der Waals surface area contributed by atoms with Crippen molar-refractivity contribution in [2.75, 3.05) is 11.4 Å². The second kappa shape index (κ2) is 13.3. The summed E-state index contributed by atoms with van der Waals surface area (Å²) in [5, 5.41) is 22.7. The second-order valence-electron chi connectivity index (χ2n) is 7.71. The zero-order valence-electron chi connectivity index (χ0n) is 18.3. The molecule has 0 saturated carbocycles. The summed E-state index contributed by atoms with van der Waals surface area (Å²) in [5.41, 5.74) is 0.932. The number of amides is 2. The van der Waals surface area contributed by atoms with Crippen LogP contribution in [0.3, 0.4) is 0 Å². The van der Waals surface area contributed by atoms with Gasteiger partial charge in [0.1, 0.15) is 11.5 Å². The third kappa shape index (κ3) is 8.32. The highest BCUT2D eigenvalue weighted by molar-refractivity contribution is 6.01. The molecule has 0 atom stereocenters. The van der Waals surface area contributed by atoms with Crippen LogP contribution in [-0.4, -0.2) is 28.6 Å². The predicted molar refractivity (Wildman–Crippen MR) is 124 cm³/mol. The van der Waals surface area contributed by atoms with E-state index < -0.39 is 0 Å². The number of carbonyl (C=O) groups is 2. The summed E-state index contributed by atoms with van der Waals surface area (Å²) in [7, 11) is 0. The Balaban J connectivity index is 1.84. The van der Waals surface area contributed by atoms with Crippen LogP contribution < -0.4 is 10.2 Å². The van der Waals surface area contributed by atoms with E-state index in [9.17, 15) is 19.8 Å². The number of benzene rings is 2. The lowest BCUT2D eigenvalue weighted by molar-refractivity contribution is -0.122. The standard InChI is InChI=1S/C25H34N2O4/c1-2-3-4-5-6-7-13-24(30)26-19-10-14-25(31)27(20-15-17-21(28)18-16-20)22-11-8-9-12-23(22)29/h8-9,11-12,15-18,28-29H,2-7,10,13-14,19H2,1H3,(H,26,30). The Morgan fingerprint density at radius 1 is 0.839 bits per heavy atom. The van der Waals surface area contributed by atoms with Crippen molar-refractivity contribution in [3.05, 3.63) is 48.5 Å². The number of nitrogens with zero attached hydrogens (tertiary/aromatic N) is 1. The van der Waals surface area contributed by atoms with Gasteiger partial charge in [0.05, 0.1) is 5.69 Å². The summed E-state index contributed by atoms with van der Waals surface area (Å²) in [4.78, 5) is 26.4. The average Bonchev–Trinajstić information content (AvgIpc) is 2.76. The number of hydrogen-bond donors (Lipinski definition) is 3. The molecule has 0 aliphatic heterocycles. The fourth-order valence-electron chi connectivity index (χ4n) is 3.41. The van der Waals surface area contributed by atoms with Gasteiger partial charge in [-0.2, -0.15) is 0 Å². The topological polar surface area (TPSA) is 89.9 Å². The van der Waals surface area contributed by atoms with Crippen molar-refractivity contribution in [3.8, 4) is 11.5 Å². The Bertz CT molecular complexity index is 821. The lowest BCUT2D eigenvalue weighted by Crippen LogP contribution is -2.28. The van der Waals surface area contributed by atoms with Crippen molar-refractivity contribution in [2.45, 2.75) is 64.7 Å². The Labute approximate surface area is 184 Å². The van der Waals surface area contributed by atoms with Crippen LogP contribution in [0, 0.1) is 0 Å². The summed E-state index contributed by atoms with van der Waals surface area (Å²) < 4.78 is 0. The van der Waals surface area contributed by atoms with Crippen LogP contribution in [0.15, 0.2) is 48.5 Å². The van der Waals surface area contributed by atoms with E-state index in [0.717, 1.165) is 12.8 Å². The number of phenols is 2. The first-order valence-electron chi connectivity index (χ1n) is 11.2. The Morgan fingerprint density at radius 2 is 1.52 bits per heavy atom. The molecule has 0 heterocycles. The quantitative estimate of drug-likeness (QED) is 0.374. The van der Waals surface area contributed by atoms with Crippen molar-refractivity contribution in [2.24, 2.45) is 0 Å². The van der Waals surface area contributed by atoms with Gasteiger partial charge in [0.15, 0.2) is 0 Å². The van der Waals surface area contributed by atoms with Crippen LogP contribution in [0.5, 0.6) is 11.5 Å². The summed E-state index contributed by atoms with van der Waals surface area (Å²) in [5.74, 6) is -0.0749. The van der Waals surface area contributed by atoms with E-state index in [1.165, 1.54) is 48.8 Å². The van der Waals surface area contributed by atoms with Crippen LogP contribution in [-0.2, 0) is 9.59 Å². The smallest absolute Gasteiger partial charge is 0.231 e. The van der Waals surface area contributed by atoms with Gasteiger partial charge < -0.3 is 15.5 Å². The number of nitrogens with one attached hydrogen (secondary N) is 1. The normalized spacial score (nSPS) is 10.6. The first-order chi connectivity index (χ1) is 15.0. The molecule has 0 radical (unpaired) electrons. The highest BCUT2D eigenvalue weighted by Crippen LogP contribution is 2.34. The third-order valence-corrected chi connectivity index (χ3v) is 5.13. The predicted octanol–water partition coefficient (Wildman–Crippen LogP) is 5.41. The molecule has 3 N–H and O–H groups in total. The van der Waals surface area contributed by atoms with Gasteiger partial charge in [-0.3, -0.25) is 14.5 Å². The molecular formula is C25H34N2O4. The maximum atomic E-state index is 13.0. The van der Waals surface area contributed by atoms with Crippen LogP contribution in [0.2, 0.25) is 0 Å². The molecule has 6 heteroatoms. The number of rotatable bonds is 13. The maximum absolute atomic E-state index is 13.0. The molecule has 2 aromatic carbocycles. The fraction of sp³-hybridized carbons (Fsp3) is 0.440. The van der Waals surface area contributed by atoms with Gasteiger partial charge in [0.25, 0.3) is 0 Å². The Morgan fingerprint density at radius 3 is 2.23 bits per heavy atom. The molecule has 31 heavy (non-hydrogen) atoms. The van der Waals surface area contributed by atoms with Crippen LogP contribution in [0.1, 0.15) is 64.7 Å². The van der Waals surface area contributed by atoms with Gasteiger partial charge in [-0.25, -0.2) is 0 Å². The number of carbonyl (C=O) groups excluding carboxylic acids is 2. The molecule has 0 aliphatic rings. The summed E-state index contributed by atoms with van der Waals surface area (Å²) in [6.07, 6.45) is 8.09. The third-order valence-electron chi connectivity index (χ3n) is 5.13. The lowest BCUT2D eigenvalue weighted by Gasteiger charge is -2.24. The molecule has 0 spiro atoms. The summed E-state index contributed by atoms with van der Waals surface area (Å²) >= 11 is 0. The number of anilines is 2. The molecule has 0 saturated heterocycles. The first-order valence-corrected chi connectivity index (χ1v) is 11.2. The van der Waals surface area contributed by atoms with Gasteiger partial charge in [-0.15, -0.1) is 0 Å². The molecule has 0 fully saturated rings. The van der Waals surface area contributed by atoms with Crippen molar-refractivity contribution < 1.29 is 19.8 Å². The van der Waals surface area contributed by atoms with Gasteiger partial charge >= 0.3 is 0 Å². The van der Waals surface area contributed by atoms with Crippen molar-refractivity contribution in [1.82, 2.24) is 5.32 Å². The number of para-hydroxylation sites is 2. The molecule has 168 valence electrons. The Hall–Kier alpha value is -3.02. The molecule has 0 aromatic heterocycles. The van der Waals surface area contributed by atoms with E-state index in [1.54, 1.807) is 30.3 Å². The molecule has 0 aliphatic carbocycles. The fourth-order valence-corrected chi connectivity index (χ4v) is 3.41. The number of unbranched alkanes of at least 4 members (excludes halogenated alkanes) is 5. The van der Waals surface area contributed by atoms with Gasteiger partial charge in [0, 0.05) is 25.1 Å². The second-order valence-corrected chi connectivity index (χ2v) is 7.71. The molecule has 6 nitrogen and oxygen atoms in total. The van der Waals surface area contributed by atoms with E-state index in [1.807, 2.05) is 0 Å². The van der Waals surface area contributed by atoms with E-state index in [0.29, 0.717) is 30.8 Å². The summed E-state index contributed by atoms with van der Waals surface area (Å²) in [6.45, 7) is 2.62. The molecule has 0 unspecified atom stereocenters. The monoisotopic (exact) mass is 426 g/mol. The number of aromatic hydroxyl groups is 2. The van der Waals surface area contributed by atoms with Gasteiger partial charge in [-0.05, 0) is 49.2 Å². The molecule has 2 aromatic rings. The SMILES string of the molecule is CCCCCCCCC(=O)NCCCC(=O)N(c1ccc(O)cc1)c1ccccc1O. The van der Waals surface area contributed by atoms with Crippen molar-refractivity contribution >= 4 is 23.2 Å². The molecule has 2 amide bonds. The van der Waals surface area contributed by atoms with E-state index in [4.69, 9.17) is 0 Å². The largest absolute Gasteiger partial charge is 0.508 e. The maximum Gasteiger partial charge on any atom is 0.231 e. The van der Waals surface area contributed by atoms with Crippen molar-refractivity contribution in [1.29, 1.82) is 0 Å². The zero-order valence-corrected chi connectivity index (χ0v) is 18.3. The van der Waals surface area contributed by atoms with Crippen LogP contribution in [0.4, 0.5) is 11.4 Å². The molecule has 0 bridgehead atoms. The molecular weight excluding hydrogens is 392 g/mol. The highest BCUT2D eigenvalue weighted by atomic mass is 16.3. The zero-order chi connectivity index (χ0) is 22.5. The lowest BCUT2D eigenvalue weighted by atomic mass is 10.1. The first kappa shape index (κ1) is 24.3. The minimum atomic E-state index is -0.197. The highest BCUT2D eigenvalue weighted by Gasteiger charge is 2.20. The van der Waals surface area contributed by atoms with Gasteiger partial charge in [0.2, 0.25) is 11.8 Å². The van der Waals surface area contributed by atoms with Crippen LogP contribution >= 0.6 is 0 Å². The average molecular weight is 427 g/mol. The minimum absolute atomic E-state index is 0.00355. The van der Waals surface area contributed by atoms with Gasteiger partial charge in [-0.1, -0.05) is 51.2 Å². The summed E-state index contributed by atoms with van der Waals surface area (Å²) in [6, 6.07) is 12.9. The number of phenolic OH excluding ortho intramolecular Hbond substituents is 2. The van der Waals surface area contributed by atoms with E-state index in [2.05, 4.69) is 12.2 Å².